The number of benzene rings is 1. The molecule has 21 heavy (non-hydrogen) atoms. The van der Waals surface area contributed by atoms with Crippen molar-refractivity contribution in [3.8, 4) is 11.3 Å². The summed E-state index contributed by atoms with van der Waals surface area (Å²) >= 11 is 11.6. The molecule has 2 aromatic rings. The number of pyridine rings is 1. The number of anilines is 2. The third-order valence-corrected chi connectivity index (χ3v) is 3.45. The van der Waals surface area contributed by atoms with Gasteiger partial charge < -0.3 is 16.2 Å². The van der Waals surface area contributed by atoms with E-state index in [1.54, 1.807) is 0 Å². The highest BCUT2D eigenvalue weighted by atomic mass is 35.5. The number of halogens is 3. The van der Waals surface area contributed by atoms with Gasteiger partial charge in [0.15, 0.2) is 5.69 Å². The molecule has 0 amide bonds. The standard InChI is InChI=1S/C13H10Cl2FN3O2/c1-21-13(20)12-11(15)9(18)4-10(19-12)5-2-8(17)6(14)3-7(5)16/h2-4H,17H2,1H3,(H2,18,19). The van der Waals surface area contributed by atoms with E-state index in [1.165, 1.54) is 19.2 Å². The Kier molecular flexibility index (Phi) is 4.20. The first-order valence-electron chi connectivity index (χ1n) is 5.64. The van der Waals surface area contributed by atoms with Crippen LogP contribution in [0.3, 0.4) is 0 Å². The third kappa shape index (κ3) is 2.86. The molecular formula is C13H10Cl2FN3O2. The molecule has 1 aromatic carbocycles. The van der Waals surface area contributed by atoms with Gasteiger partial charge in [0.2, 0.25) is 0 Å². The van der Waals surface area contributed by atoms with Crippen LogP contribution in [0.2, 0.25) is 10.0 Å². The second kappa shape index (κ2) is 5.75. The van der Waals surface area contributed by atoms with E-state index >= 15 is 0 Å². The van der Waals surface area contributed by atoms with E-state index in [1.807, 2.05) is 0 Å². The Morgan fingerprint density at radius 1 is 1.24 bits per heavy atom. The number of nitrogens with zero attached hydrogens (tertiary/aromatic N) is 1. The average molecular weight is 330 g/mol. The molecule has 0 saturated heterocycles. The van der Waals surface area contributed by atoms with Gasteiger partial charge in [-0.05, 0) is 18.2 Å². The van der Waals surface area contributed by atoms with Gasteiger partial charge in [-0.3, -0.25) is 0 Å². The molecule has 0 aliphatic carbocycles. The summed E-state index contributed by atoms with van der Waals surface area (Å²) in [5.41, 5.74) is 11.5. The summed E-state index contributed by atoms with van der Waals surface area (Å²) in [4.78, 5) is 15.6. The zero-order valence-electron chi connectivity index (χ0n) is 10.8. The lowest BCUT2D eigenvalue weighted by molar-refractivity contribution is 0.0594. The first-order chi connectivity index (χ1) is 9.85. The predicted molar refractivity (Wildman–Crippen MR) is 79.8 cm³/mol. The Balaban J connectivity index is 2.68. The molecule has 0 atom stereocenters. The molecule has 110 valence electrons. The SMILES string of the molecule is COC(=O)c1nc(-c2cc(N)c(Cl)cc2F)cc(N)c1Cl. The van der Waals surface area contributed by atoms with E-state index in [9.17, 15) is 9.18 Å². The van der Waals surface area contributed by atoms with Crippen molar-refractivity contribution in [1.82, 2.24) is 4.98 Å². The van der Waals surface area contributed by atoms with Crippen molar-refractivity contribution in [2.75, 3.05) is 18.6 Å². The maximum Gasteiger partial charge on any atom is 0.358 e. The van der Waals surface area contributed by atoms with Gasteiger partial charge in [-0.2, -0.15) is 0 Å². The van der Waals surface area contributed by atoms with E-state index in [0.29, 0.717) is 0 Å². The lowest BCUT2D eigenvalue weighted by Gasteiger charge is -2.10. The molecule has 0 fully saturated rings. The number of nitrogen functional groups attached to an aromatic ring is 2. The molecule has 0 spiro atoms. The zero-order chi connectivity index (χ0) is 15.7. The number of hydrogen-bond acceptors (Lipinski definition) is 5. The number of carbonyl (C=O) groups is 1. The maximum atomic E-state index is 14.0. The van der Waals surface area contributed by atoms with Gasteiger partial charge in [0, 0.05) is 5.56 Å². The summed E-state index contributed by atoms with van der Waals surface area (Å²) in [6.45, 7) is 0. The van der Waals surface area contributed by atoms with E-state index in [-0.39, 0.29) is 38.4 Å². The highest BCUT2D eigenvalue weighted by molar-refractivity contribution is 6.35. The Bertz CT molecular complexity index is 738. The summed E-state index contributed by atoms with van der Waals surface area (Å²) < 4.78 is 18.5. The van der Waals surface area contributed by atoms with Crippen LogP contribution in [0.5, 0.6) is 0 Å². The third-order valence-electron chi connectivity index (χ3n) is 2.73. The fourth-order valence-corrected chi connectivity index (χ4v) is 2.01. The number of carbonyl (C=O) groups excluding carboxylic acids is 1. The van der Waals surface area contributed by atoms with Crippen LogP contribution in [0.25, 0.3) is 11.3 Å². The van der Waals surface area contributed by atoms with Crippen molar-refractivity contribution in [2.24, 2.45) is 0 Å². The van der Waals surface area contributed by atoms with Crippen molar-refractivity contribution in [3.63, 3.8) is 0 Å². The van der Waals surface area contributed by atoms with Crippen molar-refractivity contribution in [3.05, 3.63) is 39.8 Å². The van der Waals surface area contributed by atoms with E-state index < -0.39 is 11.8 Å². The molecule has 0 aliphatic heterocycles. The minimum Gasteiger partial charge on any atom is -0.464 e. The molecule has 0 radical (unpaired) electrons. The number of methoxy groups -OCH3 is 1. The molecule has 0 bridgehead atoms. The number of esters is 1. The quantitative estimate of drug-likeness (QED) is 0.652. The van der Waals surface area contributed by atoms with Crippen LogP contribution in [0.4, 0.5) is 15.8 Å². The number of aromatic nitrogens is 1. The van der Waals surface area contributed by atoms with E-state index in [4.69, 9.17) is 34.7 Å². The zero-order valence-corrected chi connectivity index (χ0v) is 12.3. The Morgan fingerprint density at radius 3 is 2.52 bits per heavy atom. The van der Waals surface area contributed by atoms with Gasteiger partial charge in [0.25, 0.3) is 0 Å². The van der Waals surface area contributed by atoms with Crippen molar-refractivity contribution >= 4 is 40.5 Å². The van der Waals surface area contributed by atoms with Gasteiger partial charge in [0.05, 0.1) is 34.2 Å². The summed E-state index contributed by atoms with van der Waals surface area (Å²) in [5.74, 6) is -1.44. The van der Waals surface area contributed by atoms with Gasteiger partial charge in [-0.1, -0.05) is 23.2 Å². The topological polar surface area (TPSA) is 91.2 Å². The smallest absolute Gasteiger partial charge is 0.358 e. The molecule has 8 heteroatoms. The minimum absolute atomic E-state index is 0.0467. The summed E-state index contributed by atoms with van der Waals surface area (Å²) in [6, 6.07) is 3.69. The lowest BCUT2D eigenvalue weighted by Crippen LogP contribution is -2.08. The molecule has 2 rings (SSSR count). The van der Waals surface area contributed by atoms with Crippen LogP contribution in [-0.2, 0) is 4.74 Å². The van der Waals surface area contributed by atoms with E-state index in [0.717, 1.165) is 6.07 Å². The first kappa shape index (κ1) is 15.3. The number of hydrogen-bond donors (Lipinski definition) is 2. The molecular weight excluding hydrogens is 320 g/mol. The van der Waals surface area contributed by atoms with E-state index in [2.05, 4.69) is 9.72 Å². The minimum atomic E-state index is -0.782. The summed E-state index contributed by atoms with van der Waals surface area (Å²) in [5, 5.41) is 0.0133. The highest BCUT2D eigenvalue weighted by Crippen LogP contribution is 2.32. The van der Waals surface area contributed by atoms with Crippen LogP contribution in [-0.4, -0.2) is 18.1 Å². The first-order valence-corrected chi connectivity index (χ1v) is 6.40. The van der Waals surface area contributed by atoms with Crippen LogP contribution >= 0.6 is 23.2 Å². The molecule has 1 aromatic heterocycles. The van der Waals surface area contributed by atoms with Crippen molar-refractivity contribution in [2.45, 2.75) is 0 Å². The molecule has 1 heterocycles. The molecule has 0 unspecified atom stereocenters. The molecule has 0 saturated carbocycles. The predicted octanol–water partition coefficient (Wildman–Crippen LogP) is 3.15. The van der Waals surface area contributed by atoms with Crippen molar-refractivity contribution in [1.29, 1.82) is 0 Å². The second-order valence-electron chi connectivity index (χ2n) is 4.10. The largest absolute Gasteiger partial charge is 0.464 e. The van der Waals surface area contributed by atoms with Gasteiger partial charge >= 0.3 is 5.97 Å². The van der Waals surface area contributed by atoms with Gasteiger partial charge in [-0.15, -0.1) is 0 Å². The van der Waals surface area contributed by atoms with Crippen molar-refractivity contribution < 1.29 is 13.9 Å². The second-order valence-corrected chi connectivity index (χ2v) is 4.89. The molecule has 0 aliphatic rings. The Hall–Kier alpha value is -2.05. The maximum absolute atomic E-state index is 14.0. The Labute approximate surface area is 129 Å². The fraction of sp³-hybridized carbons (Fsp3) is 0.0769. The number of ether oxygens (including phenoxy) is 1. The highest BCUT2D eigenvalue weighted by Gasteiger charge is 2.19. The monoisotopic (exact) mass is 329 g/mol. The number of nitrogens with two attached hydrogens (primary N) is 2. The van der Waals surface area contributed by atoms with Crippen LogP contribution in [0.15, 0.2) is 18.2 Å². The number of rotatable bonds is 2. The molecule has 4 N–H and O–H groups in total. The Morgan fingerprint density at radius 2 is 1.90 bits per heavy atom. The lowest BCUT2D eigenvalue weighted by atomic mass is 10.1. The normalized spacial score (nSPS) is 10.5. The summed E-state index contributed by atoms with van der Waals surface area (Å²) in [6.07, 6.45) is 0. The van der Waals surface area contributed by atoms with Gasteiger partial charge in [0.1, 0.15) is 5.82 Å². The molecule has 5 nitrogen and oxygen atoms in total. The van der Waals surface area contributed by atoms with Gasteiger partial charge in [-0.25, -0.2) is 14.2 Å². The summed E-state index contributed by atoms with van der Waals surface area (Å²) in [7, 11) is 1.17. The van der Waals surface area contributed by atoms with Crippen LogP contribution < -0.4 is 11.5 Å². The fourth-order valence-electron chi connectivity index (χ4n) is 1.68. The average Bonchev–Trinajstić information content (AvgIpc) is 2.45. The van der Waals surface area contributed by atoms with Crippen LogP contribution in [0.1, 0.15) is 10.5 Å². The van der Waals surface area contributed by atoms with Crippen LogP contribution in [0, 0.1) is 5.82 Å².